The predicted molar refractivity (Wildman–Crippen MR) is 56.1 cm³/mol. The molecule has 1 aromatic rings. The molecule has 0 saturated heterocycles. The molecular formula is C10H12N2O2. The third-order valence-electron chi connectivity index (χ3n) is 1.49. The summed E-state index contributed by atoms with van der Waals surface area (Å²) >= 11 is 0. The number of rotatable bonds is 3. The second kappa shape index (κ2) is 4.32. The van der Waals surface area contributed by atoms with Crippen LogP contribution in [-0.2, 0) is 4.79 Å². The summed E-state index contributed by atoms with van der Waals surface area (Å²) in [5.41, 5.74) is 1.43. The zero-order valence-corrected chi connectivity index (χ0v) is 7.87. The van der Waals surface area contributed by atoms with Crippen molar-refractivity contribution < 1.29 is 9.90 Å². The van der Waals surface area contributed by atoms with Crippen molar-refractivity contribution >= 4 is 17.3 Å². The van der Waals surface area contributed by atoms with E-state index in [1.165, 1.54) is 6.92 Å². The van der Waals surface area contributed by atoms with E-state index in [2.05, 4.69) is 17.2 Å². The minimum atomic E-state index is -0.114. The minimum Gasteiger partial charge on any atom is -0.495 e. The van der Waals surface area contributed by atoms with Gasteiger partial charge in [0, 0.05) is 18.3 Å². The average molecular weight is 192 g/mol. The lowest BCUT2D eigenvalue weighted by molar-refractivity contribution is -0.114. The van der Waals surface area contributed by atoms with Crippen LogP contribution in [0.4, 0.5) is 11.4 Å². The molecule has 0 heterocycles. The Morgan fingerprint density at radius 2 is 1.64 bits per heavy atom. The summed E-state index contributed by atoms with van der Waals surface area (Å²) in [6, 6.07) is 6.92. The van der Waals surface area contributed by atoms with Crippen LogP contribution in [0.15, 0.2) is 36.7 Å². The smallest absolute Gasteiger partial charge is 0.221 e. The zero-order valence-electron chi connectivity index (χ0n) is 7.87. The summed E-state index contributed by atoms with van der Waals surface area (Å²) in [6.45, 7) is 4.74. The fourth-order valence-corrected chi connectivity index (χ4v) is 1.01. The van der Waals surface area contributed by atoms with Crippen molar-refractivity contribution in [2.75, 3.05) is 10.6 Å². The van der Waals surface area contributed by atoms with Crippen LogP contribution in [-0.4, -0.2) is 11.0 Å². The zero-order chi connectivity index (χ0) is 10.6. The number of hydrogen-bond acceptors (Lipinski definition) is 3. The second-order valence-electron chi connectivity index (χ2n) is 2.83. The largest absolute Gasteiger partial charge is 0.495 e. The Bertz CT molecular complexity index is 309. The standard InChI is InChI=1S/C10H12N2O2/c1-7(13)11-9-3-5-10(6-4-9)12-8(2)14/h3-6,11,13H,1H2,2H3,(H,12,14). The minimum absolute atomic E-state index is 0.114. The molecule has 4 nitrogen and oxygen atoms in total. The lowest BCUT2D eigenvalue weighted by Gasteiger charge is -2.05. The Morgan fingerprint density at radius 3 is 2.00 bits per heavy atom. The van der Waals surface area contributed by atoms with Crippen LogP contribution in [0.5, 0.6) is 0 Å². The molecule has 1 amide bonds. The first kappa shape index (κ1) is 10.1. The number of carbonyl (C=O) groups excluding carboxylic acids is 1. The highest BCUT2D eigenvalue weighted by Crippen LogP contribution is 2.14. The van der Waals surface area contributed by atoms with Crippen molar-refractivity contribution in [2.45, 2.75) is 6.92 Å². The van der Waals surface area contributed by atoms with E-state index >= 15 is 0 Å². The quantitative estimate of drug-likeness (QED) is 0.642. The predicted octanol–water partition coefficient (Wildman–Crippen LogP) is 2.09. The fraction of sp³-hybridized carbons (Fsp3) is 0.100. The summed E-state index contributed by atoms with van der Waals surface area (Å²) < 4.78 is 0. The number of aliphatic hydroxyl groups is 1. The lowest BCUT2D eigenvalue weighted by atomic mass is 10.3. The molecule has 0 aliphatic rings. The number of anilines is 2. The molecule has 3 N–H and O–H groups in total. The van der Waals surface area contributed by atoms with Gasteiger partial charge in [-0.15, -0.1) is 0 Å². The monoisotopic (exact) mass is 192 g/mol. The third-order valence-corrected chi connectivity index (χ3v) is 1.49. The van der Waals surface area contributed by atoms with E-state index in [0.717, 1.165) is 0 Å². The molecular weight excluding hydrogens is 180 g/mol. The number of aliphatic hydroxyl groups excluding tert-OH is 1. The molecule has 0 unspecified atom stereocenters. The van der Waals surface area contributed by atoms with Crippen molar-refractivity contribution in [2.24, 2.45) is 0 Å². The van der Waals surface area contributed by atoms with E-state index in [9.17, 15) is 4.79 Å². The van der Waals surface area contributed by atoms with Gasteiger partial charge in [-0.25, -0.2) is 0 Å². The second-order valence-corrected chi connectivity index (χ2v) is 2.83. The molecule has 0 atom stereocenters. The van der Waals surface area contributed by atoms with Crippen LogP contribution < -0.4 is 10.6 Å². The number of benzene rings is 1. The molecule has 0 aliphatic carbocycles. The van der Waals surface area contributed by atoms with Gasteiger partial charge in [0.25, 0.3) is 0 Å². The van der Waals surface area contributed by atoms with E-state index in [1.54, 1.807) is 24.3 Å². The summed E-state index contributed by atoms with van der Waals surface area (Å²) in [4.78, 5) is 10.7. The third kappa shape index (κ3) is 3.18. The number of carbonyl (C=O) groups is 1. The highest BCUT2D eigenvalue weighted by Gasteiger charge is 1.96. The normalized spacial score (nSPS) is 9.21. The first-order valence-corrected chi connectivity index (χ1v) is 4.10. The number of nitrogens with one attached hydrogen (secondary N) is 2. The van der Waals surface area contributed by atoms with Crippen LogP contribution in [0.1, 0.15) is 6.92 Å². The molecule has 0 aliphatic heterocycles. The van der Waals surface area contributed by atoms with Crippen molar-refractivity contribution in [1.29, 1.82) is 0 Å². The molecule has 1 rings (SSSR count). The van der Waals surface area contributed by atoms with Crippen molar-refractivity contribution in [1.82, 2.24) is 0 Å². The summed E-state index contributed by atoms with van der Waals surface area (Å²) in [5, 5.41) is 14.1. The molecule has 14 heavy (non-hydrogen) atoms. The first-order valence-electron chi connectivity index (χ1n) is 4.10. The number of amides is 1. The van der Waals surface area contributed by atoms with Gasteiger partial charge < -0.3 is 15.7 Å². The molecule has 74 valence electrons. The average Bonchev–Trinajstić information content (AvgIpc) is 2.06. The van der Waals surface area contributed by atoms with Crippen LogP contribution in [0.2, 0.25) is 0 Å². The van der Waals surface area contributed by atoms with Gasteiger partial charge in [0.2, 0.25) is 5.91 Å². The van der Waals surface area contributed by atoms with Crippen molar-refractivity contribution in [3.8, 4) is 0 Å². The van der Waals surface area contributed by atoms with Gasteiger partial charge in [-0.05, 0) is 30.8 Å². The van der Waals surface area contributed by atoms with Gasteiger partial charge in [-0.1, -0.05) is 0 Å². The molecule has 0 aromatic heterocycles. The van der Waals surface area contributed by atoms with Gasteiger partial charge in [-0.2, -0.15) is 0 Å². The first-order chi connectivity index (χ1) is 6.58. The van der Waals surface area contributed by atoms with E-state index in [0.29, 0.717) is 11.4 Å². The molecule has 0 fully saturated rings. The Morgan fingerprint density at radius 1 is 1.21 bits per heavy atom. The van der Waals surface area contributed by atoms with Crippen molar-refractivity contribution in [3.63, 3.8) is 0 Å². The van der Waals surface area contributed by atoms with Gasteiger partial charge in [0.1, 0.15) is 0 Å². The summed E-state index contributed by atoms with van der Waals surface area (Å²) in [6.07, 6.45) is 0. The lowest BCUT2D eigenvalue weighted by Crippen LogP contribution is -2.05. The fourth-order valence-electron chi connectivity index (χ4n) is 1.01. The van der Waals surface area contributed by atoms with Gasteiger partial charge in [0.15, 0.2) is 5.88 Å². The highest BCUT2D eigenvalue weighted by molar-refractivity contribution is 5.88. The molecule has 4 heteroatoms. The van der Waals surface area contributed by atoms with Gasteiger partial charge in [0.05, 0.1) is 0 Å². The maximum Gasteiger partial charge on any atom is 0.221 e. The summed E-state index contributed by atoms with van der Waals surface area (Å²) in [7, 11) is 0. The molecule has 0 spiro atoms. The molecule has 1 aromatic carbocycles. The molecule has 0 radical (unpaired) electrons. The Hall–Kier alpha value is -1.97. The van der Waals surface area contributed by atoms with E-state index in [1.807, 2.05) is 0 Å². The maximum atomic E-state index is 10.7. The Balaban J connectivity index is 2.68. The SMILES string of the molecule is C=C(O)Nc1ccc(NC(C)=O)cc1. The van der Waals surface area contributed by atoms with Gasteiger partial charge >= 0.3 is 0 Å². The van der Waals surface area contributed by atoms with Crippen LogP contribution in [0, 0.1) is 0 Å². The highest BCUT2D eigenvalue weighted by atomic mass is 16.3. The van der Waals surface area contributed by atoms with E-state index < -0.39 is 0 Å². The topological polar surface area (TPSA) is 61.4 Å². The molecule has 0 bridgehead atoms. The van der Waals surface area contributed by atoms with Crippen LogP contribution in [0.3, 0.4) is 0 Å². The van der Waals surface area contributed by atoms with E-state index in [4.69, 9.17) is 5.11 Å². The number of hydrogen-bond donors (Lipinski definition) is 3. The van der Waals surface area contributed by atoms with Crippen LogP contribution in [0.25, 0.3) is 0 Å². The van der Waals surface area contributed by atoms with Crippen LogP contribution >= 0.6 is 0 Å². The maximum absolute atomic E-state index is 10.7. The van der Waals surface area contributed by atoms with Crippen molar-refractivity contribution in [3.05, 3.63) is 36.7 Å². The molecule has 0 saturated carbocycles. The summed E-state index contributed by atoms with van der Waals surface area (Å²) in [5.74, 6) is -0.227. The van der Waals surface area contributed by atoms with Gasteiger partial charge in [-0.3, -0.25) is 4.79 Å². The Labute approximate surface area is 82.3 Å². The Kier molecular flexibility index (Phi) is 3.12. The van der Waals surface area contributed by atoms with E-state index in [-0.39, 0.29) is 11.8 Å².